The first-order valence-electron chi connectivity index (χ1n) is 21.0. The van der Waals surface area contributed by atoms with Crippen molar-refractivity contribution in [2.75, 3.05) is 65.8 Å². The molecule has 0 radical (unpaired) electrons. The highest BCUT2D eigenvalue weighted by molar-refractivity contribution is 5.86. The number of guanidine groups is 2. The van der Waals surface area contributed by atoms with Crippen molar-refractivity contribution >= 4 is 42.0 Å². The monoisotopic (exact) mass is 933 g/mol. The standard InChI is InChI=1S/C39H67N9O17/c1-6-47(38(58)64-31(25(52)18-49)30-21(4)23(45-36(40)41)16-27(62-30)34(54)55)10-14-60-12-8-20(3)9-13-61-15-11-48(7-2)39(59)65-32(26(53)19-50)33-29(44-22(5)51)24(46-37(42)43)17-28(63-33)35(56)57/h16-17,20-21,23-26,29-33,49-50,52-53H,6-15,18-19H2,1-5H3,(H,44,51)(H,54,55)(H,56,57)(H4,40,41,45)(H4,42,43,46)/t20?,21-,23+,24+,25-,26-,29-,30-,31-,32-,33-/m1/s1. The fraction of sp³-hybridized carbons (Fsp3) is 0.718. The highest BCUT2D eigenvalue weighted by Crippen LogP contribution is 2.30. The van der Waals surface area contributed by atoms with Crippen LogP contribution >= 0.6 is 0 Å². The van der Waals surface area contributed by atoms with Crippen molar-refractivity contribution in [3.63, 3.8) is 0 Å². The van der Waals surface area contributed by atoms with E-state index in [9.17, 15) is 54.6 Å². The number of carbonyl (C=O) groups is 5. The van der Waals surface area contributed by atoms with Crippen molar-refractivity contribution in [3.05, 3.63) is 23.7 Å². The van der Waals surface area contributed by atoms with Gasteiger partial charge in [0.1, 0.15) is 18.3 Å². The zero-order chi connectivity index (χ0) is 49.0. The maximum absolute atomic E-state index is 13.3. The summed E-state index contributed by atoms with van der Waals surface area (Å²) in [5.74, 6) is -6.28. The molecule has 15 N–H and O–H groups in total. The maximum Gasteiger partial charge on any atom is 0.410 e. The predicted molar refractivity (Wildman–Crippen MR) is 227 cm³/mol. The van der Waals surface area contributed by atoms with Gasteiger partial charge in [-0.25, -0.2) is 19.2 Å². The molecule has 0 saturated heterocycles. The molecule has 3 amide bonds. The highest BCUT2D eigenvalue weighted by atomic mass is 16.6. The second kappa shape index (κ2) is 27.6. The van der Waals surface area contributed by atoms with E-state index < -0.39 is 127 Å². The van der Waals surface area contributed by atoms with Crippen LogP contribution in [0.15, 0.2) is 23.7 Å². The third-order valence-corrected chi connectivity index (χ3v) is 10.5. The molecular formula is C39H67N9O17. The number of carboxylic acid groups (broad SMARTS) is 2. The lowest BCUT2D eigenvalue weighted by atomic mass is 9.87. The van der Waals surface area contributed by atoms with Gasteiger partial charge in [0.25, 0.3) is 0 Å². The topological polar surface area (TPSA) is 404 Å². The van der Waals surface area contributed by atoms with Crippen LogP contribution in [-0.2, 0) is 42.8 Å². The molecule has 2 heterocycles. The largest absolute Gasteiger partial charge is 0.479 e. The number of hydrogen-bond acceptors (Lipinski definition) is 17. The Kier molecular flexibility index (Phi) is 23.6. The van der Waals surface area contributed by atoms with E-state index in [1.165, 1.54) is 15.9 Å². The number of aliphatic hydroxyl groups excluding tert-OH is 4. The molecule has 0 spiro atoms. The van der Waals surface area contributed by atoms with Crippen molar-refractivity contribution in [2.24, 2.45) is 23.3 Å². The van der Waals surface area contributed by atoms with Crippen LogP contribution in [-0.4, -0.2) is 203 Å². The van der Waals surface area contributed by atoms with Crippen LogP contribution in [0.25, 0.3) is 0 Å². The number of ether oxygens (including phenoxy) is 6. The molecule has 2 aliphatic heterocycles. The molecule has 0 aromatic carbocycles. The molecule has 0 aromatic heterocycles. The molecule has 26 heteroatoms. The molecule has 1 unspecified atom stereocenters. The lowest BCUT2D eigenvalue weighted by molar-refractivity contribution is -0.148. The molecule has 0 saturated carbocycles. The zero-order valence-electron chi connectivity index (χ0n) is 37.2. The first kappa shape index (κ1) is 55.5. The van der Waals surface area contributed by atoms with Crippen molar-refractivity contribution in [1.29, 1.82) is 10.8 Å². The van der Waals surface area contributed by atoms with Gasteiger partial charge in [-0.3, -0.25) is 15.6 Å². The van der Waals surface area contributed by atoms with Gasteiger partial charge in [-0.05, 0) is 44.8 Å². The Balaban J connectivity index is 1.88. The van der Waals surface area contributed by atoms with E-state index in [2.05, 4.69) is 16.0 Å². The van der Waals surface area contributed by atoms with Crippen molar-refractivity contribution < 1.29 is 83.0 Å². The first-order chi connectivity index (χ1) is 30.7. The summed E-state index contributed by atoms with van der Waals surface area (Å²) in [5, 5.41) is 83.0. The summed E-state index contributed by atoms with van der Waals surface area (Å²) >= 11 is 0. The average Bonchev–Trinajstić information content (AvgIpc) is 3.24. The Morgan fingerprint density at radius 3 is 1.55 bits per heavy atom. The number of likely N-dealkylation sites (N-methyl/N-ethyl adjacent to an activating group) is 2. The minimum absolute atomic E-state index is 0.0466. The van der Waals surface area contributed by atoms with E-state index in [0.29, 0.717) is 26.1 Å². The van der Waals surface area contributed by atoms with Gasteiger partial charge in [-0.2, -0.15) is 0 Å². The van der Waals surface area contributed by atoms with Gasteiger partial charge in [0, 0.05) is 52.2 Å². The van der Waals surface area contributed by atoms with Gasteiger partial charge in [-0.15, -0.1) is 0 Å². The quantitative estimate of drug-likeness (QED) is 0.0228. The summed E-state index contributed by atoms with van der Waals surface area (Å²) in [4.78, 5) is 64.9. The van der Waals surface area contributed by atoms with Crippen LogP contribution in [0.2, 0.25) is 0 Å². The minimum atomic E-state index is -1.79. The number of nitrogens with zero attached hydrogens (tertiary/aromatic N) is 2. The number of nitrogens with two attached hydrogens (primary N) is 2. The number of carboxylic acids is 2. The summed E-state index contributed by atoms with van der Waals surface area (Å²) < 4.78 is 33.8. The van der Waals surface area contributed by atoms with Crippen molar-refractivity contribution in [2.45, 2.75) is 102 Å². The Bertz CT molecular complexity index is 1670. The van der Waals surface area contributed by atoms with Gasteiger partial charge in [0.2, 0.25) is 17.4 Å². The molecule has 0 aliphatic carbocycles. The number of carbonyl (C=O) groups excluding carboxylic acids is 3. The first-order valence-corrected chi connectivity index (χ1v) is 21.0. The number of nitrogens with one attached hydrogen (secondary N) is 5. The Morgan fingerprint density at radius 2 is 1.15 bits per heavy atom. The highest BCUT2D eigenvalue weighted by Gasteiger charge is 2.47. The van der Waals surface area contributed by atoms with Gasteiger partial charge >= 0.3 is 24.1 Å². The lowest BCUT2D eigenvalue weighted by Crippen LogP contribution is -2.65. The Morgan fingerprint density at radius 1 is 0.738 bits per heavy atom. The van der Waals surface area contributed by atoms with E-state index in [4.69, 9.17) is 50.7 Å². The van der Waals surface area contributed by atoms with Gasteiger partial charge in [-0.1, -0.05) is 13.8 Å². The molecular weight excluding hydrogens is 866 g/mol. The van der Waals surface area contributed by atoms with E-state index in [0.717, 1.165) is 13.0 Å². The molecule has 65 heavy (non-hydrogen) atoms. The lowest BCUT2D eigenvalue weighted by Gasteiger charge is -2.41. The molecule has 0 fully saturated rings. The van der Waals surface area contributed by atoms with Gasteiger partial charge < -0.3 is 96.3 Å². The molecule has 370 valence electrons. The smallest absolute Gasteiger partial charge is 0.410 e. The van der Waals surface area contributed by atoms with E-state index >= 15 is 0 Å². The zero-order valence-corrected chi connectivity index (χ0v) is 37.2. The molecule has 11 atom stereocenters. The summed E-state index contributed by atoms with van der Waals surface area (Å²) in [6.45, 7) is 7.68. The number of hydrogen-bond donors (Lipinski definition) is 13. The third-order valence-electron chi connectivity index (χ3n) is 10.5. The average molecular weight is 934 g/mol. The van der Waals surface area contributed by atoms with Crippen LogP contribution in [0.5, 0.6) is 0 Å². The van der Waals surface area contributed by atoms with Crippen molar-refractivity contribution in [1.82, 2.24) is 25.8 Å². The van der Waals surface area contributed by atoms with Crippen molar-refractivity contribution in [3.8, 4) is 0 Å². The SMILES string of the molecule is CCN(CCOCCC(C)CCOCCN(CC)C(=O)O[C@@H]([C@@H]1OC(C(=O)O)=C[C@H](NC(=N)N)[C@H]1NC(C)=O)[C@H](O)CO)C(=O)O[C@@H]([C@@H]1OC(C(=O)O)=C[C@H](NC(=N)N)[C@H]1C)[C@H](O)CO. The second-order valence-corrected chi connectivity index (χ2v) is 15.4. The van der Waals surface area contributed by atoms with E-state index in [-0.39, 0.29) is 45.3 Å². The number of rotatable bonds is 27. The van der Waals surface area contributed by atoms with E-state index in [1.807, 2.05) is 6.92 Å². The molecule has 0 aromatic rings. The predicted octanol–water partition coefficient (Wildman–Crippen LogP) is -2.62. The fourth-order valence-electron chi connectivity index (χ4n) is 6.84. The summed E-state index contributed by atoms with van der Waals surface area (Å²) in [6, 6.07) is -3.19. The molecule has 2 rings (SSSR count). The molecule has 0 bridgehead atoms. The molecule has 2 aliphatic rings. The summed E-state index contributed by atoms with van der Waals surface area (Å²) in [6.07, 6.45) is -7.73. The fourth-order valence-corrected chi connectivity index (χ4v) is 6.84. The number of aliphatic carboxylic acids is 2. The normalized spacial score (nSPS) is 22.7. The van der Waals surface area contributed by atoms with Crippen LogP contribution in [0.3, 0.4) is 0 Å². The van der Waals surface area contributed by atoms with Crippen LogP contribution < -0.4 is 27.4 Å². The summed E-state index contributed by atoms with van der Waals surface area (Å²) in [5.41, 5.74) is 10.9. The third kappa shape index (κ3) is 17.7. The number of amides is 3. The van der Waals surface area contributed by atoms with Crippen LogP contribution in [0, 0.1) is 22.7 Å². The Labute approximate surface area is 376 Å². The van der Waals surface area contributed by atoms with Gasteiger partial charge in [0.05, 0.1) is 44.6 Å². The van der Waals surface area contributed by atoms with E-state index in [1.54, 1.807) is 20.8 Å². The maximum atomic E-state index is 13.3. The minimum Gasteiger partial charge on any atom is -0.479 e. The van der Waals surface area contributed by atoms with Gasteiger partial charge in [0.15, 0.2) is 30.2 Å². The summed E-state index contributed by atoms with van der Waals surface area (Å²) in [7, 11) is 0. The van der Waals surface area contributed by atoms with Crippen LogP contribution in [0.1, 0.15) is 47.5 Å². The second-order valence-electron chi connectivity index (χ2n) is 15.4. The molecule has 26 nitrogen and oxygen atoms in total. The number of aliphatic hydroxyl groups is 4. The Hall–Kier alpha value is -5.67. The van der Waals surface area contributed by atoms with Crippen LogP contribution in [0.4, 0.5) is 9.59 Å².